The molecule has 0 unspecified atom stereocenters. The fourth-order valence-corrected chi connectivity index (χ4v) is 6.16. The van der Waals surface area contributed by atoms with Crippen LogP contribution in [0.1, 0.15) is 79.8 Å². The van der Waals surface area contributed by atoms with E-state index in [2.05, 4.69) is 0 Å². The van der Waals surface area contributed by atoms with E-state index in [9.17, 15) is 38.6 Å². The van der Waals surface area contributed by atoms with Crippen LogP contribution in [0.5, 0.6) is 0 Å². The highest BCUT2D eigenvalue weighted by molar-refractivity contribution is 8.45. The maximum atomic E-state index is 14.2. The predicted molar refractivity (Wildman–Crippen MR) is 157 cm³/mol. The van der Waals surface area contributed by atoms with Crippen molar-refractivity contribution in [3.63, 3.8) is 0 Å². The summed E-state index contributed by atoms with van der Waals surface area (Å²) in [5.74, 6) is -4.00. The van der Waals surface area contributed by atoms with Gasteiger partial charge in [0.25, 0.3) is 11.8 Å². The van der Waals surface area contributed by atoms with Crippen molar-refractivity contribution >= 4 is 34.1 Å². The molecule has 0 radical (unpaired) electrons. The van der Waals surface area contributed by atoms with Crippen molar-refractivity contribution in [3.05, 3.63) is 64.7 Å². The van der Waals surface area contributed by atoms with Gasteiger partial charge in [-0.1, -0.05) is 37.6 Å². The Bertz CT molecular complexity index is 1510. The molecule has 2 aromatic carbocycles. The standard InChI is InChI=1S/C31H37F5N2O6S/c1-30(2,3)43-28(41)25(21-11-12-37(18-21)29(42)44-31(4,5)6)16-19-13-20(15-22(14-19)45(32,33,34,35)36)17-38-26(39)23-9-7-8-10-24(23)27(38)40/h7-10,13-15,21,25H,11-12,16-18H2,1-6H3/t21-,25-/m0/s1. The van der Waals surface area contributed by atoms with Crippen molar-refractivity contribution in [2.24, 2.45) is 11.8 Å². The Kier molecular flexibility index (Phi) is 8.13. The van der Waals surface area contributed by atoms with E-state index in [1.165, 1.54) is 35.2 Å². The van der Waals surface area contributed by atoms with Crippen LogP contribution >= 0.6 is 10.2 Å². The third-order valence-corrected chi connectivity index (χ3v) is 8.43. The molecule has 4 rings (SSSR count). The maximum absolute atomic E-state index is 14.2. The number of hydrogen-bond acceptors (Lipinski definition) is 6. The predicted octanol–water partition coefficient (Wildman–Crippen LogP) is 7.90. The Morgan fingerprint density at radius 2 is 1.40 bits per heavy atom. The lowest BCUT2D eigenvalue weighted by Crippen LogP contribution is -2.38. The zero-order valence-corrected chi connectivity index (χ0v) is 26.7. The van der Waals surface area contributed by atoms with Gasteiger partial charge in [-0.3, -0.25) is 19.3 Å². The first kappa shape index (κ1) is 34.2. The summed E-state index contributed by atoms with van der Waals surface area (Å²) in [6.45, 7) is 9.43. The number of carbonyl (C=O) groups excluding carboxylic acids is 4. The number of halogens is 5. The minimum Gasteiger partial charge on any atom is -0.460 e. The Labute approximate surface area is 258 Å². The molecule has 2 aliphatic rings. The highest BCUT2D eigenvalue weighted by atomic mass is 32.5. The summed E-state index contributed by atoms with van der Waals surface area (Å²) in [7, 11) is -10.3. The molecule has 2 aromatic rings. The van der Waals surface area contributed by atoms with E-state index in [4.69, 9.17) is 9.47 Å². The lowest BCUT2D eigenvalue weighted by atomic mass is 9.85. The molecule has 2 heterocycles. The molecule has 0 bridgehead atoms. The van der Waals surface area contributed by atoms with Crippen LogP contribution in [0.4, 0.5) is 24.2 Å². The monoisotopic (exact) mass is 660 g/mol. The first-order valence-corrected chi connectivity index (χ1v) is 16.3. The summed E-state index contributed by atoms with van der Waals surface area (Å²) in [6, 6.07) is 7.52. The Hall–Kier alpha value is -3.68. The van der Waals surface area contributed by atoms with Crippen molar-refractivity contribution in [2.45, 2.75) is 77.0 Å². The number of amides is 3. The largest absolute Gasteiger partial charge is 0.460 e. The number of esters is 1. The van der Waals surface area contributed by atoms with Crippen LogP contribution in [0.15, 0.2) is 47.4 Å². The van der Waals surface area contributed by atoms with E-state index in [1.54, 1.807) is 41.5 Å². The average molecular weight is 661 g/mol. The van der Waals surface area contributed by atoms with E-state index >= 15 is 0 Å². The molecule has 0 spiro atoms. The van der Waals surface area contributed by atoms with E-state index in [1.807, 2.05) is 0 Å². The number of likely N-dealkylation sites (tertiary alicyclic amines) is 1. The molecule has 45 heavy (non-hydrogen) atoms. The van der Waals surface area contributed by atoms with Crippen molar-refractivity contribution in [2.75, 3.05) is 13.1 Å². The molecular weight excluding hydrogens is 623 g/mol. The maximum Gasteiger partial charge on any atom is 0.410 e. The lowest BCUT2D eigenvalue weighted by Gasteiger charge is -2.41. The minimum absolute atomic E-state index is 0.0297. The third kappa shape index (κ3) is 8.33. The molecule has 1 fully saturated rings. The van der Waals surface area contributed by atoms with Gasteiger partial charge < -0.3 is 14.4 Å². The van der Waals surface area contributed by atoms with Crippen molar-refractivity contribution < 1.29 is 48.1 Å². The molecule has 2 aliphatic heterocycles. The normalized spacial score (nSPS) is 19.6. The quantitative estimate of drug-likeness (QED) is 0.170. The molecule has 248 valence electrons. The highest BCUT2D eigenvalue weighted by Gasteiger charge is 2.65. The second-order valence-electron chi connectivity index (χ2n) is 13.5. The number of rotatable bonds is 7. The first-order chi connectivity index (χ1) is 20.3. The number of imide groups is 1. The smallest absolute Gasteiger partial charge is 0.410 e. The van der Waals surface area contributed by atoms with Gasteiger partial charge in [-0.05, 0) is 95.7 Å². The number of carbonyl (C=O) groups is 4. The van der Waals surface area contributed by atoms with E-state index in [0.29, 0.717) is 11.0 Å². The van der Waals surface area contributed by atoms with Gasteiger partial charge in [0, 0.05) is 13.1 Å². The Morgan fingerprint density at radius 1 is 0.867 bits per heavy atom. The summed E-state index contributed by atoms with van der Waals surface area (Å²) in [5, 5.41) is 0. The fourth-order valence-electron chi connectivity index (χ4n) is 5.41. The van der Waals surface area contributed by atoms with Crippen LogP contribution in [0.3, 0.4) is 0 Å². The minimum atomic E-state index is -10.3. The van der Waals surface area contributed by atoms with Gasteiger partial charge in [0.05, 0.1) is 23.6 Å². The van der Waals surface area contributed by atoms with Crippen LogP contribution in [0, 0.1) is 11.8 Å². The summed E-state index contributed by atoms with van der Waals surface area (Å²) >= 11 is 0. The zero-order valence-electron chi connectivity index (χ0n) is 25.9. The number of hydrogen-bond donors (Lipinski definition) is 0. The van der Waals surface area contributed by atoms with Gasteiger partial charge in [-0.15, -0.1) is 0 Å². The van der Waals surface area contributed by atoms with Gasteiger partial charge >= 0.3 is 22.3 Å². The average Bonchev–Trinajstić information content (AvgIpc) is 3.44. The second kappa shape index (κ2) is 10.7. The molecular formula is C31H37F5N2O6S. The van der Waals surface area contributed by atoms with E-state index in [-0.39, 0.29) is 47.8 Å². The SMILES string of the molecule is CC(C)(C)OC(=O)[C@@H](Cc1cc(CN2C(=O)c3ccccc3C2=O)cc(S(F)(F)(F)(F)F)c1)[C@H]1CCN(C(=O)OC(C)(C)C)C1. The molecule has 14 heteroatoms. The summed E-state index contributed by atoms with van der Waals surface area (Å²) in [5.41, 5.74) is -2.29. The second-order valence-corrected chi connectivity index (χ2v) is 15.9. The van der Waals surface area contributed by atoms with Gasteiger partial charge in [-0.25, -0.2) is 4.79 Å². The Balaban J connectivity index is 1.70. The molecule has 8 nitrogen and oxygen atoms in total. The van der Waals surface area contributed by atoms with Crippen LogP contribution in [0.2, 0.25) is 0 Å². The summed E-state index contributed by atoms with van der Waals surface area (Å²) in [6.07, 6.45) is -0.774. The van der Waals surface area contributed by atoms with Crippen LogP contribution in [0.25, 0.3) is 0 Å². The topological polar surface area (TPSA) is 93.2 Å². The first-order valence-electron chi connectivity index (χ1n) is 14.3. The van der Waals surface area contributed by atoms with Gasteiger partial charge in [-0.2, -0.15) is 0 Å². The van der Waals surface area contributed by atoms with Crippen LogP contribution in [-0.2, 0) is 27.2 Å². The molecule has 0 saturated carbocycles. The zero-order chi connectivity index (χ0) is 33.8. The van der Waals surface area contributed by atoms with Gasteiger partial charge in [0.2, 0.25) is 0 Å². The number of benzene rings is 2. The molecule has 0 aliphatic carbocycles. The molecule has 2 atom stereocenters. The number of ether oxygens (including phenoxy) is 2. The fraction of sp³-hybridized carbons (Fsp3) is 0.484. The summed E-state index contributed by atoms with van der Waals surface area (Å²) < 4.78 is 81.9. The van der Waals surface area contributed by atoms with Crippen molar-refractivity contribution in [3.8, 4) is 0 Å². The third-order valence-electron chi connectivity index (χ3n) is 7.30. The molecule has 3 amide bonds. The van der Waals surface area contributed by atoms with E-state index in [0.717, 1.165) is 0 Å². The van der Waals surface area contributed by atoms with Crippen molar-refractivity contribution in [1.29, 1.82) is 0 Å². The Morgan fingerprint density at radius 3 is 1.91 bits per heavy atom. The lowest BCUT2D eigenvalue weighted by molar-refractivity contribution is -0.162. The van der Waals surface area contributed by atoms with E-state index < -0.39 is 75.0 Å². The van der Waals surface area contributed by atoms with Crippen LogP contribution < -0.4 is 0 Å². The highest BCUT2D eigenvalue weighted by Crippen LogP contribution is 3.02. The summed E-state index contributed by atoms with van der Waals surface area (Å²) in [4.78, 5) is 51.8. The molecule has 1 saturated heterocycles. The van der Waals surface area contributed by atoms with Crippen molar-refractivity contribution in [1.82, 2.24) is 9.80 Å². The number of fused-ring (bicyclic) bond motifs is 1. The number of nitrogens with zero attached hydrogens (tertiary/aromatic N) is 2. The van der Waals surface area contributed by atoms with Crippen LogP contribution in [-0.4, -0.2) is 58.0 Å². The molecule has 0 N–H and O–H groups in total. The van der Waals surface area contributed by atoms with Gasteiger partial charge in [0.15, 0.2) is 0 Å². The van der Waals surface area contributed by atoms with Gasteiger partial charge in [0.1, 0.15) is 16.1 Å². The molecule has 0 aromatic heterocycles.